The van der Waals surface area contributed by atoms with Crippen LogP contribution in [0.5, 0.6) is 5.75 Å². The van der Waals surface area contributed by atoms with Gasteiger partial charge in [0.1, 0.15) is 5.75 Å². The van der Waals surface area contributed by atoms with Crippen molar-refractivity contribution in [2.75, 3.05) is 5.73 Å². The highest BCUT2D eigenvalue weighted by molar-refractivity contribution is 7.13. The van der Waals surface area contributed by atoms with Gasteiger partial charge >= 0.3 is 0 Å². The van der Waals surface area contributed by atoms with Gasteiger partial charge in [-0.3, -0.25) is 0 Å². The Labute approximate surface area is 110 Å². The SMILES string of the molecule is Nc1nc(/C=C/c2ccc(OC3CC3)cc2)cs1. The first-order valence-electron chi connectivity index (χ1n) is 5.95. The van der Waals surface area contributed by atoms with Crippen molar-refractivity contribution in [3.63, 3.8) is 0 Å². The van der Waals surface area contributed by atoms with Crippen LogP contribution >= 0.6 is 11.3 Å². The molecular formula is C14H14N2OS. The van der Waals surface area contributed by atoms with Crippen LogP contribution < -0.4 is 10.5 Å². The topological polar surface area (TPSA) is 48.1 Å². The Hall–Kier alpha value is -1.81. The van der Waals surface area contributed by atoms with Crippen molar-refractivity contribution in [3.8, 4) is 5.75 Å². The highest BCUT2D eigenvalue weighted by Gasteiger charge is 2.23. The molecule has 1 aromatic heterocycles. The Bertz CT molecular complexity index is 555. The molecule has 92 valence electrons. The van der Waals surface area contributed by atoms with Crippen LogP contribution in [0.1, 0.15) is 24.1 Å². The molecule has 0 amide bonds. The fourth-order valence-corrected chi connectivity index (χ4v) is 2.13. The standard InChI is InChI=1S/C14H14N2OS/c15-14-16-11(9-18-14)4-1-10-2-5-12(6-3-10)17-13-7-8-13/h1-6,9,13H,7-8H2,(H2,15,16)/b4-1+. The minimum Gasteiger partial charge on any atom is -0.490 e. The predicted molar refractivity (Wildman–Crippen MR) is 75.5 cm³/mol. The Balaban J connectivity index is 1.66. The first-order valence-corrected chi connectivity index (χ1v) is 6.83. The summed E-state index contributed by atoms with van der Waals surface area (Å²) in [6.07, 6.45) is 6.81. The van der Waals surface area contributed by atoms with Crippen LogP contribution in [0.2, 0.25) is 0 Å². The van der Waals surface area contributed by atoms with E-state index in [-0.39, 0.29) is 0 Å². The highest BCUT2D eigenvalue weighted by atomic mass is 32.1. The average molecular weight is 258 g/mol. The van der Waals surface area contributed by atoms with Crippen LogP contribution in [0.4, 0.5) is 5.13 Å². The number of benzene rings is 1. The van der Waals surface area contributed by atoms with Gasteiger partial charge in [0.2, 0.25) is 0 Å². The molecule has 1 aromatic carbocycles. The van der Waals surface area contributed by atoms with Crippen LogP contribution in [0.3, 0.4) is 0 Å². The van der Waals surface area contributed by atoms with Gasteiger partial charge < -0.3 is 10.5 Å². The molecule has 3 nitrogen and oxygen atoms in total. The van der Waals surface area contributed by atoms with Crippen LogP contribution in [0, 0.1) is 0 Å². The number of nitrogen functional groups attached to an aromatic ring is 1. The van der Waals surface area contributed by atoms with Gasteiger partial charge in [-0.05, 0) is 36.6 Å². The molecule has 0 aliphatic heterocycles. The summed E-state index contributed by atoms with van der Waals surface area (Å²) in [7, 11) is 0. The number of aromatic nitrogens is 1. The number of ether oxygens (including phenoxy) is 1. The second kappa shape index (κ2) is 4.82. The molecule has 3 rings (SSSR count). The van der Waals surface area contributed by atoms with Crippen molar-refractivity contribution >= 4 is 28.6 Å². The maximum Gasteiger partial charge on any atom is 0.180 e. The van der Waals surface area contributed by atoms with E-state index in [2.05, 4.69) is 4.98 Å². The number of nitrogens with zero attached hydrogens (tertiary/aromatic N) is 1. The third kappa shape index (κ3) is 2.90. The van der Waals surface area contributed by atoms with E-state index < -0.39 is 0 Å². The zero-order valence-corrected chi connectivity index (χ0v) is 10.7. The highest BCUT2D eigenvalue weighted by Crippen LogP contribution is 2.26. The Morgan fingerprint density at radius 3 is 2.61 bits per heavy atom. The van der Waals surface area contributed by atoms with Crippen LogP contribution in [-0.4, -0.2) is 11.1 Å². The van der Waals surface area contributed by atoms with Crippen LogP contribution in [0.15, 0.2) is 29.6 Å². The molecule has 0 saturated heterocycles. The molecule has 1 aliphatic carbocycles. The summed E-state index contributed by atoms with van der Waals surface area (Å²) >= 11 is 1.45. The molecule has 1 fully saturated rings. The van der Waals surface area contributed by atoms with E-state index in [0.717, 1.165) is 17.0 Å². The second-order valence-electron chi connectivity index (χ2n) is 4.33. The predicted octanol–water partition coefficient (Wildman–Crippen LogP) is 3.44. The molecule has 18 heavy (non-hydrogen) atoms. The fourth-order valence-electron chi connectivity index (χ4n) is 1.59. The van der Waals surface area contributed by atoms with Gasteiger partial charge in [0.25, 0.3) is 0 Å². The molecule has 1 heterocycles. The molecule has 1 aliphatic rings. The normalized spacial score (nSPS) is 15.1. The molecule has 1 saturated carbocycles. The number of hydrogen-bond donors (Lipinski definition) is 1. The van der Waals surface area contributed by atoms with E-state index in [1.54, 1.807) is 0 Å². The van der Waals surface area contributed by atoms with Crippen molar-refractivity contribution in [1.82, 2.24) is 4.98 Å². The van der Waals surface area contributed by atoms with Gasteiger partial charge in [-0.1, -0.05) is 18.2 Å². The van der Waals surface area contributed by atoms with Gasteiger partial charge in [-0.2, -0.15) is 0 Å². The first-order chi connectivity index (χ1) is 8.79. The molecule has 2 aromatic rings. The smallest absolute Gasteiger partial charge is 0.180 e. The quantitative estimate of drug-likeness (QED) is 0.914. The van der Waals surface area contributed by atoms with Crippen molar-refractivity contribution in [2.24, 2.45) is 0 Å². The van der Waals surface area contributed by atoms with E-state index in [4.69, 9.17) is 10.5 Å². The Morgan fingerprint density at radius 1 is 1.22 bits per heavy atom. The largest absolute Gasteiger partial charge is 0.490 e. The zero-order valence-electron chi connectivity index (χ0n) is 9.87. The third-order valence-corrected chi connectivity index (χ3v) is 3.39. The molecule has 0 radical (unpaired) electrons. The number of hydrogen-bond acceptors (Lipinski definition) is 4. The lowest BCUT2D eigenvalue weighted by atomic mass is 10.2. The summed E-state index contributed by atoms with van der Waals surface area (Å²) in [4.78, 5) is 4.18. The lowest BCUT2D eigenvalue weighted by molar-refractivity contribution is 0.303. The molecule has 0 atom stereocenters. The van der Waals surface area contributed by atoms with E-state index >= 15 is 0 Å². The first kappa shape index (κ1) is 11.3. The number of nitrogens with two attached hydrogens (primary N) is 1. The van der Waals surface area contributed by atoms with E-state index in [1.165, 1.54) is 24.2 Å². The lowest BCUT2D eigenvalue weighted by Gasteiger charge is -2.03. The van der Waals surface area contributed by atoms with Crippen LogP contribution in [0.25, 0.3) is 12.2 Å². The summed E-state index contributed by atoms with van der Waals surface area (Å²) in [6.45, 7) is 0. The molecular weight excluding hydrogens is 244 g/mol. The van der Waals surface area contributed by atoms with Gasteiger partial charge in [0, 0.05) is 5.38 Å². The van der Waals surface area contributed by atoms with Gasteiger partial charge in [0.05, 0.1) is 11.8 Å². The molecule has 0 bridgehead atoms. The van der Waals surface area contributed by atoms with Crippen molar-refractivity contribution in [3.05, 3.63) is 40.9 Å². The fraction of sp³-hybridized carbons (Fsp3) is 0.214. The number of rotatable bonds is 4. The van der Waals surface area contributed by atoms with Crippen LogP contribution in [-0.2, 0) is 0 Å². The van der Waals surface area contributed by atoms with Crippen molar-refractivity contribution in [2.45, 2.75) is 18.9 Å². The van der Waals surface area contributed by atoms with Crippen molar-refractivity contribution in [1.29, 1.82) is 0 Å². The summed E-state index contributed by atoms with van der Waals surface area (Å²) in [5.74, 6) is 0.951. The molecule has 2 N–H and O–H groups in total. The summed E-state index contributed by atoms with van der Waals surface area (Å²) in [5.41, 5.74) is 7.60. The second-order valence-corrected chi connectivity index (χ2v) is 5.22. The summed E-state index contributed by atoms with van der Waals surface area (Å²) < 4.78 is 5.70. The maximum absolute atomic E-state index is 5.70. The minimum atomic E-state index is 0.448. The van der Waals surface area contributed by atoms with E-state index in [9.17, 15) is 0 Å². The molecule has 0 spiro atoms. The number of anilines is 1. The van der Waals surface area contributed by atoms with Gasteiger partial charge in [0.15, 0.2) is 5.13 Å². The summed E-state index contributed by atoms with van der Waals surface area (Å²) in [6, 6.07) is 8.11. The number of thiazole rings is 1. The van der Waals surface area contributed by atoms with E-state index in [0.29, 0.717) is 11.2 Å². The Morgan fingerprint density at radius 2 is 2.00 bits per heavy atom. The van der Waals surface area contributed by atoms with Gasteiger partial charge in [-0.25, -0.2) is 4.98 Å². The van der Waals surface area contributed by atoms with E-state index in [1.807, 2.05) is 41.8 Å². The minimum absolute atomic E-state index is 0.448. The summed E-state index contributed by atoms with van der Waals surface area (Å²) in [5, 5.41) is 2.54. The van der Waals surface area contributed by atoms with Crippen molar-refractivity contribution < 1.29 is 4.74 Å². The Kier molecular flexibility index (Phi) is 3.02. The lowest BCUT2D eigenvalue weighted by Crippen LogP contribution is -1.94. The molecule has 4 heteroatoms. The monoisotopic (exact) mass is 258 g/mol. The third-order valence-electron chi connectivity index (χ3n) is 2.69. The molecule has 0 unspecified atom stereocenters. The zero-order chi connectivity index (χ0) is 12.4. The maximum atomic E-state index is 5.70. The van der Waals surface area contributed by atoms with Gasteiger partial charge in [-0.15, -0.1) is 11.3 Å². The average Bonchev–Trinajstić information content (AvgIpc) is 3.09.